The fraction of sp³-hybridized carbons (Fsp3) is 0.160. The number of urea groups is 1. The molecule has 1 fully saturated rings. The van der Waals surface area contributed by atoms with Crippen LogP contribution in [-0.4, -0.2) is 28.9 Å². The van der Waals surface area contributed by atoms with E-state index in [0.717, 1.165) is 27.0 Å². The SMILES string of the molecule is COc1ccc2cc(C3(C)NC(=O)N(Cc4ncc(-c5ccccc5)o4)C3=O)ccc2c1. The zero-order valence-corrected chi connectivity index (χ0v) is 17.7. The van der Waals surface area contributed by atoms with Crippen molar-refractivity contribution < 1.29 is 18.7 Å². The van der Waals surface area contributed by atoms with Crippen LogP contribution >= 0.6 is 0 Å². The van der Waals surface area contributed by atoms with E-state index in [1.54, 1.807) is 20.2 Å². The summed E-state index contributed by atoms with van der Waals surface area (Å²) >= 11 is 0. The molecule has 7 nitrogen and oxygen atoms in total. The monoisotopic (exact) mass is 427 g/mol. The van der Waals surface area contributed by atoms with Crippen LogP contribution in [-0.2, 0) is 16.9 Å². The van der Waals surface area contributed by atoms with Crippen LogP contribution in [0.3, 0.4) is 0 Å². The predicted molar refractivity (Wildman–Crippen MR) is 119 cm³/mol. The number of carbonyl (C=O) groups is 2. The Kier molecular flexibility index (Phi) is 4.66. The molecule has 5 rings (SSSR count). The molecular formula is C25H21N3O4. The van der Waals surface area contributed by atoms with E-state index in [-0.39, 0.29) is 12.5 Å². The number of oxazole rings is 1. The number of aromatic nitrogens is 1. The molecule has 0 aliphatic carbocycles. The lowest BCUT2D eigenvalue weighted by molar-refractivity contribution is -0.131. The van der Waals surface area contributed by atoms with Crippen LogP contribution in [0.4, 0.5) is 4.79 Å². The van der Waals surface area contributed by atoms with E-state index in [1.807, 2.05) is 66.7 Å². The molecule has 1 N–H and O–H groups in total. The minimum absolute atomic E-state index is 0.0438. The fourth-order valence-corrected chi connectivity index (χ4v) is 3.95. The molecule has 1 aromatic heterocycles. The Morgan fingerprint density at radius 3 is 2.56 bits per heavy atom. The standard InChI is InChI=1S/C25H21N3O4/c1-25(19-10-8-18-13-20(31-2)11-9-17(18)12-19)23(29)28(24(30)27-25)15-22-26-14-21(32-22)16-6-4-3-5-7-16/h3-14H,15H2,1-2H3,(H,27,30). The molecular weight excluding hydrogens is 406 g/mol. The number of fused-ring (bicyclic) bond motifs is 1. The summed E-state index contributed by atoms with van der Waals surface area (Å²) in [6.07, 6.45) is 1.60. The number of benzene rings is 3. The summed E-state index contributed by atoms with van der Waals surface area (Å²) in [5.41, 5.74) is 0.398. The average molecular weight is 427 g/mol. The maximum atomic E-state index is 13.3. The van der Waals surface area contributed by atoms with Crippen molar-refractivity contribution in [1.29, 1.82) is 0 Å². The topological polar surface area (TPSA) is 84.7 Å². The minimum atomic E-state index is -1.18. The van der Waals surface area contributed by atoms with Gasteiger partial charge in [-0.15, -0.1) is 0 Å². The molecule has 1 aliphatic rings. The number of rotatable bonds is 5. The van der Waals surface area contributed by atoms with Crippen LogP contribution in [0.5, 0.6) is 5.75 Å². The predicted octanol–water partition coefficient (Wildman–Crippen LogP) is 4.47. The van der Waals surface area contributed by atoms with E-state index in [4.69, 9.17) is 9.15 Å². The van der Waals surface area contributed by atoms with E-state index in [2.05, 4.69) is 10.3 Å². The smallest absolute Gasteiger partial charge is 0.325 e. The van der Waals surface area contributed by atoms with Crippen molar-refractivity contribution in [3.63, 3.8) is 0 Å². The number of hydrogen-bond donors (Lipinski definition) is 1. The number of ether oxygens (including phenoxy) is 1. The van der Waals surface area contributed by atoms with Gasteiger partial charge in [-0.1, -0.05) is 48.5 Å². The summed E-state index contributed by atoms with van der Waals surface area (Å²) in [5.74, 6) is 1.28. The van der Waals surface area contributed by atoms with Gasteiger partial charge in [-0.3, -0.25) is 9.69 Å². The number of nitrogens with one attached hydrogen (secondary N) is 1. The Morgan fingerprint density at radius 1 is 1.03 bits per heavy atom. The van der Waals surface area contributed by atoms with E-state index in [1.165, 1.54) is 0 Å². The maximum absolute atomic E-state index is 13.3. The third kappa shape index (κ3) is 3.28. The first-order valence-corrected chi connectivity index (χ1v) is 10.2. The average Bonchev–Trinajstić information content (AvgIpc) is 3.38. The lowest BCUT2D eigenvalue weighted by Gasteiger charge is -2.22. The van der Waals surface area contributed by atoms with Gasteiger partial charge in [0.25, 0.3) is 5.91 Å². The summed E-state index contributed by atoms with van der Waals surface area (Å²) in [6.45, 7) is 1.67. The second-order valence-electron chi connectivity index (χ2n) is 7.86. The Balaban J connectivity index is 1.41. The highest BCUT2D eigenvalue weighted by Gasteiger charge is 2.49. The Labute approximate surface area is 184 Å². The van der Waals surface area contributed by atoms with Crippen molar-refractivity contribution in [1.82, 2.24) is 15.2 Å². The highest BCUT2D eigenvalue weighted by molar-refractivity contribution is 6.07. The van der Waals surface area contributed by atoms with Crippen molar-refractivity contribution in [2.45, 2.75) is 19.0 Å². The summed E-state index contributed by atoms with van der Waals surface area (Å²) in [4.78, 5) is 31.4. The van der Waals surface area contributed by atoms with Gasteiger partial charge in [0.2, 0.25) is 5.89 Å². The van der Waals surface area contributed by atoms with Crippen LogP contribution in [0.2, 0.25) is 0 Å². The summed E-state index contributed by atoms with van der Waals surface area (Å²) < 4.78 is 11.1. The fourth-order valence-electron chi connectivity index (χ4n) is 3.95. The number of methoxy groups -OCH3 is 1. The molecule has 1 aliphatic heterocycles. The molecule has 0 spiro atoms. The third-order valence-corrected chi connectivity index (χ3v) is 5.80. The second-order valence-corrected chi connectivity index (χ2v) is 7.86. The largest absolute Gasteiger partial charge is 0.497 e. The van der Waals surface area contributed by atoms with Gasteiger partial charge in [-0.05, 0) is 41.5 Å². The normalized spacial score (nSPS) is 18.2. The van der Waals surface area contributed by atoms with Crippen molar-refractivity contribution in [3.05, 3.63) is 84.4 Å². The Morgan fingerprint density at radius 2 is 1.78 bits per heavy atom. The second kappa shape index (κ2) is 7.53. The zero-order valence-electron chi connectivity index (χ0n) is 17.7. The van der Waals surface area contributed by atoms with E-state index in [0.29, 0.717) is 17.2 Å². The molecule has 1 atom stereocenters. The molecule has 3 amide bonds. The van der Waals surface area contributed by atoms with Crippen LogP contribution in [0.25, 0.3) is 22.1 Å². The van der Waals surface area contributed by atoms with Gasteiger partial charge in [-0.25, -0.2) is 9.78 Å². The number of carbonyl (C=O) groups excluding carboxylic acids is 2. The van der Waals surface area contributed by atoms with Gasteiger partial charge >= 0.3 is 6.03 Å². The number of nitrogens with zero attached hydrogens (tertiary/aromatic N) is 2. The molecule has 0 radical (unpaired) electrons. The van der Waals surface area contributed by atoms with Crippen LogP contribution in [0.1, 0.15) is 18.4 Å². The first-order chi connectivity index (χ1) is 15.5. The zero-order chi connectivity index (χ0) is 22.3. The number of imide groups is 1. The molecule has 3 aromatic carbocycles. The van der Waals surface area contributed by atoms with Crippen molar-refractivity contribution in [3.8, 4) is 17.1 Å². The van der Waals surface area contributed by atoms with Crippen LogP contribution in [0.15, 0.2) is 77.3 Å². The number of hydrogen-bond acceptors (Lipinski definition) is 5. The summed E-state index contributed by atoms with van der Waals surface area (Å²) in [7, 11) is 1.62. The highest BCUT2D eigenvalue weighted by Crippen LogP contribution is 2.33. The third-order valence-electron chi connectivity index (χ3n) is 5.80. The van der Waals surface area contributed by atoms with Gasteiger partial charge in [0.05, 0.1) is 13.3 Å². The first kappa shape index (κ1) is 19.8. The van der Waals surface area contributed by atoms with Crippen molar-refractivity contribution in [2.24, 2.45) is 0 Å². The van der Waals surface area contributed by atoms with Crippen LogP contribution in [0, 0.1) is 0 Å². The van der Waals surface area contributed by atoms with Gasteiger partial charge < -0.3 is 14.5 Å². The van der Waals surface area contributed by atoms with Crippen molar-refractivity contribution >= 4 is 22.7 Å². The van der Waals surface area contributed by atoms with E-state index < -0.39 is 11.6 Å². The summed E-state index contributed by atoms with van der Waals surface area (Å²) in [5, 5.41) is 4.77. The van der Waals surface area contributed by atoms with E-state index in [9.17, 15) is 9.59 Å². The summed E-state index contributed by atoms with van der Waals surface area (Å²) in [6, 6.07) is 20.5. The molecule has 160 valence electrons. The quantitative estimate of drug-likeness (QED) is 0.475. The molecule has 7 heteroatoms. The molecule has 32 heavy (non-hydrogen) atoms. The van der Waals surface area contributed by atoms with E-state index >= 15 is 0 Å². The molecule has 2 heterocycles. The first-order valence-electron chi connectivity index (χ1n) is 10.2. The Hall–Kier alpha value is -4.13. The maximum Gasteiger partial charge on any atom is 0.325 e. The van der Waals surface area contributed by atoms with Crippen molar-refractivity contribution in [2.75, 3.05) is 7.11 Å². The minimum Gasteiger partial charge on any atom is -0.497 e. The highest BCUT2D eigenvalue weighted by atomic mass is 16.5. The van der Waals surface area contributed by atoms with Gasteiger partial charge in [0.1, 0.15) is 17.8 Å². The van der Waals surface area contributed by atoms with Gasteiger partial charge in [-0.2, -0.15) is 0 Å². The molecule has 0 saturated carbocycles. The molecule has 1 saturated heterocycles. The van der Waals surface area contributed by atoms with Gasteiger partial charge in [0, 0.05) is 5.56 Å². The molecule has 0 bridgehead atoms. The lowest BCUT2D eigenvalue weighted by atomic mass is 9.90. The van der Waals surface area contributed by atoms with Crippen LogP contribution < -0.4 is 10.1 Å². The lowest BCUT2D eigenvalue weighted by Crippen LogP contribution is -2.40. The molecule has 1 unspecified atom stereocenters. The Bertz CT molecular complexity index is 1330. The van der Waals surface area contributed by atoms with Gasteiger partial charge in [0.15, 0.2) is 5.76 Å². The number of amides is 3. The molecule has 4 aromatic rings.